The van der Waals surface area contributed by atoms with Crippen LogP contribution in [0.15, 0.2) is 24.3 Å². The van der Waals surface area contributed by atoms with E-state index in [2.05, 4.69) is 54.0 Å². The number of halogens is 1. The summed E-state index contributed by atoms with van der Waals surface area (Å²) in [4.78, 5) is 0. The van der Waals surface area contributed by atoms with E-state index in [4.69, 9.17) is 4.74 Å². The summed E-state index contributed by atoms with van der Waals surface area (Å²) < 4.78 is 5.65. The summed E-state index contributed by atoms with van der Waals surface area (Å²) in [6, 6.07) is 8.63. The molecule has 17 heavy (non-hydrogen) atoms. The van der Waals surface area contributed by atoms with E-state index in [1.807, 2.05) is 0 Å². The summed E-state index contributed by atoms with van der Waals surface area (Å²) in [7, 11) is 0. The van der Waals surface area contributed by atoms with Crippen molar-refractivity contribution < 1.29 is 4.74 Å². The number of aryl methyl sites for hydroxylation is 1. The van der Waals surface area contributed by atoms with Crippen molar-refractivity contribution in [3.63, 3.8) is 0 Å². The molecular formula is C15H23BrO. The molecule has 0 aromatic heterocycles. The maximum Gasteiger partial charge on any atom is 0.0472 e. The maximum atomic E-state index is 5.65. The molecule has 1 nitrogen and oxygen atoms in total. The van der Waals surface area contributed by atoms with Gasteiger partial charge in [0.2, 0.25) is 0 Å². The summed E-state index contributed by atoms with van der Waals surface area (Å²) in [6.07, 6.45) is 3.48. The summed E-state index contributed by atoms with van der Waals surface area (Å²) in [5.41, 5.74) is 2.83. The third-order valence-corrected chi connectivity index (χ3v) is 3.85. The predicted molar refractivity (Wildman–Crippen MR) is 78.1 cm³/mol. The number of hydrogen-bond donors (Lipinski definition) is 0. The first kappa shape index (κ1) is 14.7. The van der Waals surface area contributed by atoms with Crippen molar-refractivity contribution in [3.8, 4) is 0 Å². The summed E-state index contributed by atoms with van der Waals surface area (Å²) in [6.45, 7) is 6.14. The van der Waals surface area contributed by atoms with Gasteiger partial charge in [-0.1, -0.05) is 53.5 Å². The predicted octanol–water partition coefficient (Wildman–Crippen LogP) is 4.68. The van der Waals surface area contributed by atoms with Crippen molar-refractivity contribution in [1.82, 2.24) is 0 Å². The third kappa shape index (κ3) is 5.22. The van der Waals surface area contributed by atoms with Crippen molar-refractivity contribution in [2.24, 2.45) is 0 Å². The van der Waals surface area contributed by atoms with Gasteiger partial charge in [0.05, 0.1) is 0 Å². The molecule has 0 heterocycles. The van der Waals surface area contributed by atoms with E-state index in [1.165, 1.54) is 24.0 Å². The fraction of sp³-hybridized carbons (Fsp3) is 0.600. The molecule has 96 valence electrons. The van der Waals surface area contributed by atoms with Crippen LogP contribution in [0, 0.1) is 6.92 Å². The highest BCUT2D eigenvalue weighted by Gasteiger charge is 2.11. The lowest BCUT2D eigenvalue weighted by atomic mass is 9.94. The Kier molecular flexibility index (Phi) is 7.54. The van der Waals surface area contributed by atoms with Crippen LogP contribution in [0.4, 0.5) is 0 Å². The van der Waals surface area contributed by atoms with Gasteiger partial charge in [-0.3, -0.25) is 0 Å². The molecule has 0 aliphatic carbocycles. The highest BCUT2D eigenvalue weighted by Crippen LogP contribution is 2.24. The van der Waals surface area contributed by atoms with E-state index in [9.17, 15) is 0 Å². The highest BCUT2D eigenvalue weighted by molar-refractivity contribution is 9.09. The van der Waals surface area contributed by atoms with E-state index < -0.39 is 0 Å². The minimum Gasteiger partial charge on any atom is -0.381 e. The summed E-state index contributed by atoms with van der Waals surface area (Å²) in [5, 5.41) is 1.01. The monoisotopic (exact) mass is 298 g/mol. The standard InChI is InChI=1S/C15H23BrO/c1-3-4-10-17-11-9-14(12-16)15-8-6-5-7-13(15)2/h5-8,14H,3-4,9-12H2,1-2H3. The molecule has 2 heteroatoms. The van der Waals surface area contributed by atoms with Crippen molar-refractivity contribution in [2.75, 3.05) is 18.5 Å². The highest BCUT2D eigenvalue weighted by atomic mass is 79.9. The van der Waals surface area contributed by atoms with Gasteiger partial charge in [-0.15, -0.1) is 0 Å². The first-order chi connectivity index (χ1) is 8.29. The molecule has 0 radical (unpaired) electrons. The molecule has 1 atom stereocenters. The molecule has 0 amide bonds. The van der Waals surface area contributed by atoms with E-state index >= 15 is 0 Å². The molecule has 0 fully saturated rings. The number of hydrogen-bond acceptors (Lipinski definition) is 1. The van der Waals surface area contributed by atoms with Crippen molar-refractivity contribution in [2.45, 2.75) is 39.0 Å². The van der Waals surface area contributed by atoms with Crippen molar-refractivity contribution in [1.29, 1.82) is 0 Å². The molecule has 0 bridgehead atoms. The normalized spacial score (nSPS) is 12.6. The second-order valence-corrected chi connectivity index (χ2v) is 5.11. The lowest BCUT2D eigenvalue weighted by Gasteiger charge is -2.17. The minimum absolute atomic E-state index is 0.567. The molecular weight excluding hydrogens is 276 g/mol. The second kappa shape index (κ2) is 8.71. The van der Waals surface area contributed by atoms with Gasteiger partial charge in [0, 0.05) is 18.5 Å². The lowest BCUT2D eigenvalue weighted by Crippen LogP contribution is -2.07. The molecule has 1 rings (SSSR count). The van der Waals surface area contributed by atoms with E-state index in [0.717, 1.165) is 25.0 Å². The number of benzene rings is 1. The van der Waals surface area contributed by atoms with E-state index in [1.54, 1.807) is 0 Å². The Morgan fingerprint density at radius 3 is 2.65 bits per heavy atom. The second-order valence-electron chi connectivity index (χ2n) is 4.46. The third-order valence-electron chi connectivity index (χ3n) is 3.07. The lowest BCUT2D eigenvalue weighted by molar-refractivity contribution is 0.125. The van der Waals surface area contributed by atoms with E-state index in [0.29, 0.717) is 5.92 Å². The smallest absolute Gasteiger partial charge is 0.0472 e. The molecule has 1 unspecified atom stereocenters. The average Bonchev–Trinajstić information content (AvgIpc) is 2.35. The van der Waals surface area contributed by atoms with Gasteiger partial charge >= 0.3 is 0 Å². The summed E-state index contributed by atoms with van der Waals surface area (Å²) in [5.74, 6) is 0.567. The Bertz CT molecular complexity index is 312. The quantitative estimate of drug-likeness (QED) is 0.500. The fourth-order valence-electron chi connectivity index (χ4n) is 1.93. The average molecular weight is 299 g/mol. The van der Waals surface area contributed by atoms with Crippen LogP contribution in [-0.4, -0.2) is 18.5 Å². The van der Waals surface area contributed by atoms with Crippen LogP contribution in [0.3, 0.4) is 0 Å². The molecule has 0 N–H and O–H groups in total. The Morgan fingerprint density at radius 2 is 2.00 bits per heavy atom. The number of alkyl halides is 1. The van der Waals surface area contributed by atoms with Gasteiger partial charge < -0.3 is 4.74 Å². The van der Waals surface area contributed by atoms with Crippen LogP contribution >= 0.6 is 15.9 Å². The Balaban J connectivity index is 2.41. The minimum atomic E-state index is 0.567. The van der Waals surface area contributed by atoms with Gasteiger partial charge in [-0.05, 0) is 36.8 Å². The van der Waals surface area contributed by atoms with Crippen LogP contribution in [-0.2, 0) is 4.74 Å². The SMILES string of the molecule is CCCCOCCC(CBr)c1ccccc1C. The first-order valence-corrected chi connectivity index (χ1v) is 7.61. The van der Waals surface area contributed by atoms with Gasteiger partial charge in [-0.25, -0.2) is 0 Å². The topological polar surface area (TPSA) is 9.23 Å². The molecule has 0 aliphatic rings. The number of unbranched alkanes of at least 4 members (excludes halogenated alkanes) is 1. The van der Waals surface area contributed by atoms with Crippen LogP contribution in [0.2, 0.25) is 0 Å². The zero-order chi connectivity index (χ0) is 12.5. The fourth-order valence-corrected chi connectivity index (χ4v) is 2.61. The van der Waals surface area contributed by atoms with Crippen molar-refractivity contribution in [3.05, 3.63) is 35.4 Å². The van der Waals surface area contributed by atoms with Crippen LogP contribution in [0.1, 0.15) is 43.2 Å². The Labute approximate surface area is 114 Å². The van der Waals surface area contributed by atoms with Gasteiger partial charge in [0.1, 0.15) is 0 Å². The zero-order valence-corrected chi connectivity index (χ0v) is 12.5. The molecule has 1 aromatic rings. The van der Waals surface area contributed by atoms with Crippen LogP contribution in [0.5, 0.6) is 0 Å². The van der Waals surface area contributed by atoms with Crippen LogP contribution in [0.25, 0.3) is 0 Å². The van der Waals surface area contributed by atoms with Crippen molar-refractivity contribution >= 4 is 15.9 Å². The molecule has 0 saturated heterocycles. The maximum absolute atomic E-state index is 5.65. The molecule has 0 aliphatic heterocycles. The molecule has 0 saturated carbocycles. The van der Waals surface area contributed by atoms with E-state index in [-0.39, 0.29) is 0 Å². The van der Waals surface area contributed by atoms with Gasteiger partial charge in [0.15, 0.2) is 0 Å². The Morgan fingerprint density at radius 1 is 1.24 bits per heavy atom. The van der Waals surface area contributed by atoms with Gasteiger partial charge in [0.25, 0.3) is 0 Å². The molecule has 0 spiro atoms. The first-order valence-electron chi connectivity index (χ1n) is 6.48. The number of ether oxygens (including phenoxy) is 1. The zero-order valence-electron chi connectivity index (χ0n) is 10.9. The number of rotatable bonds is 8. The largest absolute Gasteiger partial charge is 0.381 e. The summed E-state index contributed by atoms with van der Waals surface area (Å²) >= 11 is 3.61. The van der Waals surface area contributed by atoms with Crippen LogP contribution < -0.4 is 0 Å². The molecule has 1 aromatic carbocycles. The Hall–Kier alpha value is -0.340. The van der Waals surface area contributed by atoms with Gasteiger partial charge in [-0.2, -0.15) is 0 Å².